The highest BCUT2D eigenvalue weighted by molar-refractivity contribution is 6.68. The number of hydrogen-bond acceptors (Lipinski definition) is 4. The van der Waals surface area contributed by atoms with Crippen LogP contribution in [0.25, 0.3) is 10.8 Å². The van der Waals surface area contributed by atoms with Gasteiger partial charge in [-0.1, -0.05) is 18.2 Å². The third-order valence-corrected chi connectivity index (χ3v) is 2.78. The molecule has 0 saturated carbocycles. The molecule has 0 N–H and O–H groups in total. The van der Waals surface area contributed by atoms with Crippen LogP contribution in [0.1, 0.15) is 10.4 Å². The number of benzene rings is 2. The predicted octanol–water partition coefficient (Wildman–Crippen LogP) is 3.14. The smallest absolute Gasteiger partial charge is 0.319 e. The largest absolute Gasteiger partial charge is 0.490 e. The predicted molar refractivity (Wildman–Crippen MR) is 67.3 cm³/mol. The van der Waals surface area contributed by atoms with E-state index in [4.69, 9.17) is 16.3 Å². The molecule has 0 atom stereocenters. The Morgan fingerprint density at radius 2 is 2.06 bits per heavy atom. The maximum Gasteiger partial charge on any atom is 0.319 e. The fourth-order valence-corrected chi connectivity index (χ4v) is 1.98. The number of nitro groups is 1. The number of ether oxygens (including phenoxy) is 1. The van der Waals surface area contributed by atoms with Crippen LogP contribution in [0.15, 0.2) is 30.3 Å². The van der Waals surface area contributed by atoms with E-state index in [0.29, 0.717) is 10.8 Å². The number of nitro benzene ring substituents is 1. The Kier molecular flexibility index (Phi) is 3.16. The Morgan fingerprint density at radius 1 is 1.39 bits per heavy atom. The van der Waals surface area contributed by atoms with Gasteiger partial charge in [0, 0.05) is 0 Å². The zero-order chi connectivity index (χ0) is 13.3. The van der Waals surface area contributed by atoms with E-state index in [9.17, 15) is 14.9 Å². The van der Waals surface area contributed by atoms with Crippen LogP contribution in [0.5, 0.6) is 5.75 Å². The first kappa shape index (κ1) is 12.3. The van der Waals surface area contributed by atoms with E-state index < -0.39 is 10.2 Å². The van der Waals surface area contributed by atoms with Gasteiger partial charge in [-0.25, -0.2) is 0 Å². The number of hydrogen-bond donors (Lipinski definition) is 0. The molecule has 0 aliphatic rings. The van der Waals surface area contributed by atoms with Crippen molar-refractivity contribution in [2.24, 2.45) is 0 Å². The van der Waals surface area contributed by atoms with Crippen LogP contribution in [0, 0.1) is 10.1 Å². The zero-order valence-electron chi connectivity index (χ0n) is 9.34. The molecular formula is C12H8ClNO4. The molecule has 2 rings (SSSR count). The lowest BCUT2D eigenvalue weighted by Gasteiger charge is -2.08. The Morgan fingerprint density at radius 3 is 2.61 bits per heavy atom. The first-order valence-electron chi connectivity index (χ1n) is 5.00. The van der Waals surface area contributed by atoms with Gasteiger partial charge in [0.2, 0.25) is 5.75 Å². The molecule has 0 aromatic heterocycles. The normalized spacial score (nSPS) is 10.3. The van der Waals surface area contributed by atoms with Crippen LogP contribution in [0.3, 0.4) is 0 Å². The highest BCUT2D eigenvalue weighted by Gasteiger charge is 2.25. The van der Waals surface area contributed by atoms with E-state index in [-0.39, 0.29) is 17.0 Å². The van der Waals surface area contributed by atoms with Gasteiger partial charge in [-0.15, -0.1) is 0 Å². The van der Waals surface area contributed by atoms with Gasteiger partial charge in [-0.2, -0.15) is 0 Å². The monoisotopic (exact) mass is 265 g/mol. The number of methoxy groups -OCH3 is 1. The van der Waals surface area contributed by atoms with Crippen LogP contribution >= 0.6 is 11.6 Å². The number of rotatable bonds is 3. The number of carbonyl (C=O) groups excluding carboxylic acids is 1. The lowest BCUT2D eigenvalue weighted by Crippen LogP contribution is -2.01. The summed E-state index contributed by atoms with van der Waals surface area (Å²) in [5.41, 5.74) is -0.260. The van der Waals surface area contributed by atoms with Crippen molar-refractivity contribution in [2.45, 2.75) is 0 Å². The molecule has 0 bridgehead atoms. The van der Waals surface area contributed by atoms with Gasteiger partial charge in [0.1, 0.15) is 0 Å². The summed E-state index contributed by atoms with van der Waals surface area (Å²) in [7, 11) is 1.26. The summed E-state index contributed by atoms with van der Waals surface area (Å²) in [6.45, 7) is 0. The molecule has 18 heavy (non-hydrogen) atoms. The lowest BCUT2D eigenvalue weighted by molar-refractivity contribution is -0.384. The first-order valence-corrected chi connectivity index (χ1v) is 5.38. The summed E-state index contributed by atoms with van der Waals surface area (Å²) in [6.07, 6.45) is 0. The van der Waals surface area contributed by atoms with Crippen LogP contribution in [0.4, 0.5) is 5.69 Å². The SMILES string of the molecule is COc1c(C(=O)Cl)cc2ccccc2c1[N+](=O)[O-]. The van der Waals surface area contributed by atoms with Crippen molar-refractivity contribution in [1.82, 2.24) is 0 Å². The van der Waals surface area contributed by atoms with Gasteiger partial charge < -0.3 is 4.74 Å². The Bertz CT molecular complexity index is 654. The molecule has 0 unspecified atom stereocenters. The second kappa shape index (κ2) is 4.62. The molecule has 0 saturated heterocycles. The molecule has 0 aliphatic heterocycles. The minimum absolute atomic E-state index is 0.00966. The third kappa shape index (κ3) is 1.89. The van der Waals surface area contributed by atoms with Crippen LogP contribution < -0.4 is 4.74 Å². The molecule has 0 amide bonds. The number of nitrogens with zero attached hydrogens (tertiary/aromatic N) is 1. The van der Waals surface area contributed by atoms with E-state index in [0.717, 1.165) is 0 Å². The van der Waals surface area contributed by atoms with Crippen LogP contribution in [-0.4, -0.2) is 17.3 Å². The van der Waals surface area contributed by atoms with Crippen molar-refractivity contribution in [2.75, 3.05) is 7.11 Å². The fraction of sp³-hybridized carbons (Fsp3) is 0.0833. The molecular weight excluding hydrogens is 258 g/mol. The quantitative estimate of drug-likeness (QED) is 0.486. The van der Waals surface area contributed by atoms with E-state index in [2.05, 4.69) is 0 Å². The van der Waals surface area contributed by atoms with Crippen LogP contribution in [-0.2, 0) is 0 Å². The standard InChI is InChI=1S/C12H8ClNO4/c1-18-11-9(12(13)15)6-7-4-2-3-5-8(7)10(11)14(16)17/h2-6H,1H3. The van der Waals surface area contributed by atoms with Gasteiger partial charge in [-0.05, 0) is 29.1 Å². The highest BCUT2D eigenvalue weighted by atomic mass is 35.5. The molecule has 6 heteroatoms. The van der Waals surface area contributed by atoms with Crippen molar-refractivity contribution < 1.29 is 14.5 Å². The Labute approximate surface area is 107 Å². The minimum atomic E-state index is -0.791. The van der Waals surface area contributed by atoms with E-state index in [1.807, 2.05) is 0 Å². The molecule has 92 valence electrons. The Balaban J connectivity index is 2.96. The molecule has 2 aromatic rings. The van der Waals surface area contributed by atoms with Gasteiger partial charge >= 0.3 is 5.69 Å². The van der Waals surface area contributed by atoms with Crippen molar-refractivity contribution >= 4 is 33.3 Å². The average molecular weight is 266 g/mol. The first-order chi connectivity index (χ1) is 8.56. The lowest BCUT2D eigenvalue weighted by atomic mass is 10.0. The third-order valence-electron chi connectivity index (χ3n) is 2.57. The van der Waals surface area contributed by atoms with Crippen molar-refractivity contribution in [1.29, 1.82) is 0 Å². The molecule has 5 nitrogen and oxygen atoms in total. The molecule has 0 radical (unpaired) electrons. The van der Waals surface area contributed by atoms with Crippen LogP contribution in [0.2, 0.25) is 0 Å². The molecule has 2 aromatic carbocycles. The maximum atomic E-state index is 11.3. The van der Waals surface area contributed by atoms with E-state index in [1.165, 1.54) is 13.2 Å². The summed E-state index contributed by atoms with van der Waals surface area (Å²) in [4.78, 5) is 21.9. The summed E-state index contributed by atoms with van der Waals surface area (Å²) in [5, 5.41) is 11.3. The Hall–Kier alpha value is -2.14. The second-order valence-electron chi connectivity index (χ2n) is 3.56. The topological polar surface area (TPSA) is 69.4 Å². The van der Waals surface area contributed by atoms with Crippen molar-refractivity contribution in [3.8, 4) is 5.75 Å². The number of carbonyl (C=O) groups is 1. The van der Waals surface area contributed by atoms with Gasteiger partial charge in [-0.3, -0.25) is 14.9 Å². The number of fused-ring (bicyclic) bond motifs is 1. The van der Waals surface area contributed by atoms with Gasteiger partial charge in [0.05, 0.1) is 23.0 Å². The summed E-state index contributed by atoms with van der Waals surface area (Å²) in [6, 6.07) is 8.15. The summed E-state index contributed by atoms with van der Waals surface area (Å²) < 4.78 is 4.96. The molecule has 0 fully saturated rings. The van der Waals surface area contributed by atoms with Crippen molar-refractivity contribution in [3.05, 3.63) is 46.0 Å². The summed E-state index contributed by atoms with van der Waals surface area (Å²) >= 11 is 5.42. The zero-order valence-corrected chi connectivity index (χ0v) is 10.1. The van der Waals surface area contributed by atoms with Gasteiger partial charge in [0.15, 0.2) is 0 Å². The molecule has 0 spiro atoms. The van der Waals surface area contributed by atoms with Crippen molar-refractivity contribution in [3.63, 3.8) is 0 Å². The van der Waals surface area contributed by atoms with E-state index >= 15 is 0 Å². The second-order valence-corrected chi connectivity index (χ2v) is 3.90. The highest BCUT2D eigenvalue weighted by Crippen LogP contribution is 2.38. The molecule has 0 aliphatic carbocycles. The minimum Gasteiger partial charge on any atom is -0.490 e. The summed E-state index contributed by atoms with van der Waals surface area (Å²) in [5.74, 6) is -0.112. The molecule has 0 heterocycles. The van der Waals surface area contributed by atoms with E-state index in [1.54, 1.807) is 24.3 Å². The fourth-order valence-electron chi connectivity index (χ4n) is 1.84. The number of halogens is 1. The maximum absolute atomic E-state index is 11.3. The average Bonchev–Trinajstić information content (AvgIpc) is 2.35. The van der Waals surface area contributed by atoms with Gasteiger partial charge in [0.25, 0.3) is 5.24 Å².